The number of hydrogen-bond acceptors (Lipinski definition) is 4. The van der Waals surface area contributed by atoms with Gasteiger partial charge in [-0.2, -0.15) is 0 Å². The van der Waals surface area contributed by atoms with E-state index >= 15 is 0 Å². The average molecular weight is 198 g/mol. The summed E-state index contributed by atoms with van der Waals surface area (Å²) in [5.74, 6) is 0. The smallest absolute Gasteiger partial charge is 0.0991 e. The number of aromatic nitrogens is 3. The lowest BCUT2D eigenvalue weighted by Crippen LogP contribution is -2.21. The van der Waals surface area contributed by atoms with Crippen LogP contribution in [0, 0.1) is 0 Å². The van der Waals surface area contributed by atoms with E-state index in [9.17, 15) is 5.11 Å². The summed E-state index contributed by atoms with van der Waals surface area (Å²) in [5.41, 5.74) is 5.76. The van der Waals surface area contributed by atoms with Gasteiger partial charge in [0.05, 0.1) is 17.5 Å². The second-order valence-electron chi connectivity index (χ2n) is 4.26. The Kier molecular flexibility index (Phi) is 3.23. The van der Waals surface area contributed by atoms with Crippen LogP contribution in [-0.4, -0.2) is 25.7 Å². The van der Waals surface area contributed by atoms with Crippen molar-refractivity contribution in [2.24, 2.45) is 5.73 Å². The Labute approximate surface area is 83.9 Å². The molecule has 1 aromatic heterocycles. The van der Waals surface area contributed by atoms with Crippen LogP contribution < -0.4 is 5.73 Å². The van der Waals surface area contributed by atoms with E-state index in [2.05, 4.69) is 10.3 Å². The molecule has 0 aliphatic heterocycles. The van der Waals surface area contributed by atoms with Crippen LogP contribution in [0.15, 0.2) is 6.20 Å². The van der Waals surface area contributed by atoms with Crippen molar-refractivity contribution in [3.05, 3.63) is 11.9 Å². The molecule has 1 atom stereocenters. The molecule has 0 bridgehead atoms. The number of nitrogens with zero attached hydrogens (tertiary/aromatic N) is 3. The van der Waals surface area contributed by atoms with E-state index in [-0.39, 0.29) is 6.04 Å². The Bertz CT molecular complexity index is 287. The maximum Gasteiger partial charge on any atom is 0.0991 e. The van der Waals surface area contributed by atoms with Crippen molar-refractivity contribution >= 4 is 0 Å². The lowest BCUT2D eigenvalue weighted by Gasteiger charge is -2.15. The first-order chi connectivity index (χ1) is 6.38. The highest BCUT2D eigenvalue weighted by atomic mass is 16.3. The molecular weight excluding hydrogens is 180 g/mol. The van der Waals surface area contributed by atoms with E-state index in [0.717, 1.165) is 5.69 Å². The van der Waals surface area contributed by atoms with E-state index in [1.165, 1.54) is 0 Å². The first-order valence-corrected chi connectivity index (χ1v) is 4.76. The molecule has 0 saturated heterocycles. The van der Waals surface area contributed by atoms with Gasteiger partial charge in [-0.25, -0.2) is 0 Å². The summed E-state index contributed by atoms with van der Waals surface area (Å²) in [5, 5.41) is 17.3. The molecule has 1 aromatic rings. The molecule has 5 nitrogen and oxygen atoms in total. The molecule has 1 heterocycles. The fourth-order valence-electron chi connectivity index (χ4n) is 1.02. The molecule has 0 amide bonds. The monoisotopic (exact) mass is 198 g/mol. The normalized spacial score (nSPS) is 14.4. The summed E-state index contributed by atoms with van der Waals surface area (Å²) in [4.78, 5) is 0. The maximum absolute atomic E-state index is 9.51. The van der Waals surface area contributed by atoms with Gasteiger partial charge >= 0.3 is 0 Å². The molecule has 1 unspecified atom stereocenters. The summed E-state index contributed by atoms with van der Waals surface area (Å²) < 4.78 is 1.71. The molecule has 0 saturated carbocycles. The van der Waals surface area contributed by atoms with Crippen LogP contribution in [0.1, 0.15) is 38.9 Å². The van der Waals surface area contributed by atoms with Crippen molar-refractivity contribution in [1.82, 2.24) is 15.0 Å². The van der Waals surface area contributed by atoms with Gasteiger partial charge in [0.2, 0.25) is 0 Å². The zero-order valence-corrected chi connectivity index (χ0v) is 8.94. The number of aryl methyl sites for hydroxylation is 1. The number of nitrogens with two attached hydrogens (primary N) is 1. The third-order valence-electron chi connectivity index (χ3n) is 1.98. The van der Waals surface area contributed by atoms with E-state index in [0.29, 0.717) is 13.0 Å². The van der Waals surface area contributed by atoms with Gasteiger partial charge in [0.1, 0.15) is 0 Å². The van der Waals surface area contributed by atoms with Crippen molar-refractivity contribution in [2.75, 3.05) is 0 Å². The quantitative estimate of drug-likeness (QED) is 0.736. The predicted molar refractivity (Wildman–Crippen MR) is 53.5 cm³/mol. The third kappa shape index (κ3) is 3.43. The Hall–Kier alpha value is -0.940. The first kappa shape index (κ1) is 11.1. The molecule has 5 heteroatoms. The number of hydrogen-bond donors (Lipinski definition) is 2. The molecule has 1 rings (SSSR count). The molecule has 14 heavy (non-hydrogen) atoms. The first-order valence-electron chi connectivity index (χ1n) is 4.76. The number of aliphatic hydroxyl groups is 1. The van der Waals surface area contributed by atoms with Crippen LogP contribution in [0.4, 0.5) is 0 Å². The SMILES string of the molecule is CC(N)c1cn(CCC(C)(C)O)nn1. The Morgan fingerprint density at radius 3 is 2.71 bits per heavy atom. The predicted octanol–water partition coefficient (Wildman–Crippen LogP) is 0.459. The summed E-state index contributed by atoms with van der Waals surface area (Å²) in [6.45, 7) is 6.07. The Morgan fingerprint density at radius 1 is 1.64 bits per heavy atom. The highest BCUT2D eigenvalue weighted by Gasteiger charge is 2.13. The van der Waals surface area contributed by atoms with Crippen molar-refractivity contribution in [2.45, 2.75) is 45.4 Å². The van der Waals surface area contributed by atoms with Gasteiger partial charge < -0.3 is 10.8 Å². The average Bonchev–Trinajstić information content (AvgIpc) is 2.47. The molecule has 0 aromatic carbocycles. The Morgan fingerprint density at radius 2 is 2.29 bits per heavy atom. The summed E-state index contributed by atoms with van der Waals surface area (Å²) >= 11 is 0. The summed E-state index contributed by atoms with van der Waals surface area (Å²) in [6, 6.07) is -0.0918. The van der Waals surface area contributed by atoms with Crippen molar-refractivity contribution in [3.8, 4) is 0 Å². The van der Waals surface area contributed by atoms with Gasteiger partial charge in [0, 0.05) is 12.6 Å². The van der Waals surface area contributed by atoms with Gasteiger partial charge in [-0.15, -0.1) is 5.10 Å². The summed E-state index contributed by atoms with van der Waals surface area (Å²) in [6.07, 6.45) is 2.46. The van der Waals surface area contributed by atoms with E-state index < -0.39 is 5.60 Å². The topological polar surface area (TPSA) is 77.0 Å². The van der Waals surface area contributed by atoms with Crippen molar-refractivity contribution in [3.63, 3.8) is 0 Å². The minimum Gasteiger partial charge on any atom is -0.390 e. The van der Waals surface area contributed by atoms with E-state index in [1.807, 2.05) is 13.1 Å². The minimum atomic E-state index is -0.666. The fraction of sp³-hybridized carbons (Fsp3) is 0.778. The van der Waals surface area contributed by atoms with Gasteiger partial charge in [-0.05, 0) is 27.2 Å². The van der Waals surface area contributed by atoms with Crippen molar-refractivity contribution in [1.29, 1.82) is 0 Å². The van der Waals surface area contributed by atoms with Crippen LogP contribution in [0.3, 0.4) is 0 Å². The standard InChI is InChI=1S/C9H18N4O/c1-7(10)8-6-13(12-11-8)5-4-9(2,3)14/h6-7,14H,4-5,10H2,1-3H3. The molecule has 3 N–H and O–H groups in total. The van der Waals surface area contributed by atoms with Crippen molar-refractivity contribution < 1.29 is 5.11 Å². The molecule has 0 radical (unpaired) electrons. The van der Waals surface area contributed by atoms with Crippen LogP contribution in [-0.2, 0) is 6.54 Å². The number of rotatable bonds is 4. The second kappa shape index (κ2) is 4.06. The minimum absolute atomic E-state index is 0.0918. The molecular formula is C9H18N4O. The van der Waals surface area contributed by atoms with E-state index in [4.69, 9.17) is 5.73 Å². The molecule has 0 aliphatic carbocycles. The lowest BCUT2D eigenvalue weighted by atomic mass is 10.1. The second-order valence-corrected chi connectivity index (χ2v) is 4.26. The van der Waals surface area contributed by atoms with Gasteiger partial charge in [-0.1, -0.05) is 5.21 Å². The van der Waals surface area contributed by atoms with Gasteiger partial charge in [0.25, 0.3) is 0 Å². The third-order valence-corrected chi connectivity index (χ3v) is 1.98. The van der Waals surface area contributed by atoms with Gasteiger partial charge in [0.15, 0.2) is 0 Å². The highest BCUT2D eigenvalue weighted by Crippen LogP contribution is 2.09. The largest absolute Gasteiger partial charge is 0.390 e. The zero-order valence-electron chi connectivity index (χ0n) is 8.94. The maximum atomic E-state index is 9.51. The highest BCUT2D eigenvalue weighted by molar-refractivity contribution is 4.97. The molecule has 0 spiro atoms. The van der Waals surface area contributed by atoms with Crippen LogP contribution in [0.2, 0.25) is 0 Å². The van der Waals surface area contributed by atoms with E-state index in [1.54, 1.807) is 18.5 Å². The van der Waals surface area contributed by atoms with Gasteiger partial charge in [-0.3, -0.25) is 4.68 Å². The van der Waals surface area contributed by atoms with Crippen LogP contribution >= 0.6 is 0 Å². The molecule has 0 aliphatic rings. The zero-order chi connectivity index (χ0) is 10.8. The molecule has 0 fully saturated rings. The lowest BCUT2D eigenvalue weighted by molar-refractivity contribution is 0.0649. The van der Waals surface area contributed by atoms with Crippen LogP contribution in [0.5, 0.6) is 0 Å². The Balaban J connectivity index is 2.52. The summed E-state index contributed by atoms with van der Waals surface area (Å²) in [7, 11) is 0. The van der Waals surface area contributed by atoms with Crippen LogP contribution in [0.25, 0.3) is 0 Å². The fourth-order valence-corrected chi connectivity index (χ4v) is 1.02. The molecule has 80 valence electrons.